The van der Waals surface area contributed by atoms with Gasteiger partial charge in [-0.05, 0) is 26.3 Å². The Balaban J connectivity index is 2.62. The summed E-state index contributed by atoms with van der Waals surface area (Å²) in [5, 5.41) is 3.08. The van der Waals surface area contributed by atoms with E-state index < -0.39 is 0 Å². The average molecular weight is 299 g/mol. The molecule has 0 radical (unpaired) electrons. The van der Waals surface area contributed by atoms with Gasteiger partial charge in [0, 0.05) is 16.4 Å². The Labute approximate surface area is 108 Å². The van der Waals surface area contributed by atoms with Crippen molar-refractivity contribution in [2.45, 2.75) is 27.2 Å². The fourth-order valence-electron chi connectivity index (χ4n) is 1.72. The smallest absolute Gasteiger partial charge is 0.194 e. The van der Waals surface area contributed by atoms with Crippen LogP contribution in [0.1, 0.15) is 30.4 Å². The quantitative estimate of drug-likeness (QED) is 0.776. The van der Waals surface area contributed by atoms with Gasteiger partial charge in [-0.3, -0.25) is 4.40 Å². The number of rotatable bonds is 3. The van der Waals surface area contributed by atoms with E-state index in [0.29, 0.717) is 0 Å². The van der Waals surface area contributed by atoms with Crippen LogP contribution >= 0.6 is 27.3 Å². The molecule has 0 unspecified atom stereocenters. The summed E-state index contributed by atoms with van der Waals surface area (Å²) in [7, 11) is 0. The predicted octanol–water partition coefficient (Wildman–Crippen LogP) is 4.20. The maximum atomic E-state index is 4.58. The van der Waals surface area contributed by atoms with Crippen LogP contribution in [0.4, 0.5) is 0 Å². The van der Waals surface area contributed by atoms with Gasteiger partial charge in [0.25, 0.3) is 0 Å². The molecule has 4 heteroatoms. The van der Waals surface area contributed by atoms with Gasteiger partial charge in [0.1, 0.15) is 0 Å². The zero-order valence-electron chi connectivity index (χ0n) is 9.75. The van der Waals surface area contributed by atoms with Crippen molar-refractivity contribution in [3.05, 3.63) is 28.0 Å². The molecule has 2 aromatic rings. The van der Waals surface area contributed by atoms with Gasteiger partial charge in [-0.25, -0.2) is 4.98 Å². The topological polar surface area (TPSA) is 17.3 Å². The van der Waals surface area contributed by atoms with Gasteiger partial charge in [-0.15, -0.1) is 11.3 Å². The maximum absolute atomic E-state index is 4.58. The van der Waals surface area contributed by atoms with Crippen LogP contribution in [-0.4, -0.2) is 14.7 Å². The molecule has 86 valence electrons. The molecule has 2 heterocycles. The second kappa shape index (κ2) is 4.72. The molecule has 0 aliphatic heterocycles. The minimum Gasteiger partial charge on any atom is -0.288 e. The van der Waals surface area contributed by atoms with Gasteiger partial charge < -0.3 is 0 Å². The van der Waals surface area contributed by atoms with Gasteiger partial charge in [-0.2, -0.15) is 0 Å². The van der Waals surface area contributed by atoms with E-state index in [1.165, 1.54) is 17.0 Å². The molecule has 2 rings (SSSR count). The van der Waals surface area contributed by atoms with Gasteiger partial charge in [-0.1, -0.05) is 28.4 Å². The van der Waals surface area contributed by atoms with Crippen molar-refractivity contribution >= 4 is 38.3 Å². The molecular weight excluding hydrogens is 284 g/mol. The number of aromatic nitrogens is 2. The van der Waals surface area contributed by atoms with Gasteiger partial charge >= 0.3 is 0 Å². The Morgan fingerprint density at radius 2 is 2.31 bits per heavy atom. The summed E-state index contributed by atoms with van der Waals surface area (Å²) in [5.41, 5.74) is 5.00. The van der Waals surface area contributed by atoms with Crippen LogP contribution in [0.3, 0.4) is 0 Å². The Kier molecular flexibility index (Phi) is 3.50. The third-order valence-corrected chi connectivity index (χ3v) is 4.38. The number of hydrogen-bond acceptors (Lipinski definition) is 2. The molecule has 0 saturated carbocycles. The van der Waals surface area contributed by atoms with Crippen molar-refractivity contribution in [2.24, 2.45) is 0 Å². The van der Waals surface area contributed by atoms with E-state index >= 15 is 0 Å². The summed E-state index contributed by atoms with van der Waals surface area (Å²) in [6.45, 7) is 6.38. The first-order chi connectivity index (χ1) is 7.67. The lowest BCUT2D eigenvalue weighted by Gasteiger charge is -2.01. The zero-order valence-corrected chi connectivity index (χ0v) is 12.2. The maximum Gasteiger partial charge on any atom is 0.194 e. The van der Waals surface area contributed by atoms with Crippen LogP contribution in [0.5, 0.6) is 0 Å². The molecule has 2 nitrogen and oxygen atoms in total. The molecule has 0 spiro atoms. The highest BCUT2D eigenvalue weighted by Crippen LogP contribution is 2.23. The Hall–Kier alpha value is -0.610. The van der Waals surface area contributed by atoms with E-state index in [1.54, 1.807) is 11.3 Å². The number of aryl methyl sites for hydroxylation is 2. The van der Waals surface area contributed by atoms with E-state index in [0.717, 1.165) is 22.4 Å². The first-order valence-electron chi connectivity index (χ1n) is 5.36. The number of hydrogen-bond donors (Lipinski definition) is 0. The van der Waals surface area contributed by atoms with Crippen molar-refractivity contribution < 1.29 is 0 Å². The second-order valence-electron chi connectivity index (χ2n) is 3.87. The molecule has 0 N–H and O–H groups in total. The summed E-state index contributed by atoms with van der Waals surface area (Å²) >= 11 is 5.23. The first-order valence-corrected chi connectivity index (χ1v) is 7.36. The van der Waals surface area contributed by atoms with Crippen LogP contribution in [0.2, 0.25) is 0 Å². The van der Waals surface area contributed by atoms with Crippen LogP contribution in [-0.2, 0) is 0 Å². The Morgan fingerprint density at radius 3 is 2.94 bits per heavy atom. The number of thiazole rings is 1. The molecule has 0 bridgehead atoms. The first kappa shape index (κ1) is 11.9. The van der Waals surface area contributed by atoms with Crippen molar-refractivity contribution in [2.75, 3.05) is 5.33 Å². The molecular formula is C12H15BrN2S. The molecule has 0 amide bonds. The molecule has 0 atom stereocenters. The second-order valence-corrected chi connectivity index (χ2v) is 5.26. The molecule has 0 aliphatic rings. The van der Waals surface area contributed by atoms with Crippen LogP contribution < -0.4 is 0 Å². The predicted molar refractivity (Wildman–Crippen MR) is 74.6 cm³/mol. The van der Waals surface area contributed by atoms with Crippen LogP contribution in [0.15, 0.2) is 11.0 Å². The van der Waals surface area contributed by atoms with Gasteiger partial charge in [0.05, 0.1) is 11.4 Å². The summed E-state index contributed by atoms with van der Waals surface area (Å²) in [6.07, 6.45) is 3.32. The lowest BCUT2D eigenvalue weighted by molar-refractivity contribution is 1.08. The van der Waals surface area contributed by atoms with E-state index in [1.807, 2.05) is 0 Å². The molecule has 0 fully saturated rings. The number of alkyl halides is 1. The average Bonchev–Trinajstić information content (AvgIpc) is 2.77. The lowest BCUT2D eigenvalue weighted by Crippen LogP contribution is -1.91. The minimum atomic E-state index is 0.930. The number of imidazole rings is 1. The van der Waals surface area contributed by atoms with E-state index in [9.17, 15) is 0 Å². The van der Waals surface area contributed by atoms with Crippen molar-refractivity contribution in [1.82, 2.24) is 9.38 Å². The fraction of sp³-hybridized carbons (Fsp3) is 0.417. The fourth-order valence-corrected chi connectivity index (χ4v) is 3.20. The lowest BCUT2D eigenvalue weighted by atomic mass is 10.2. The molecule has 16 heavy (non-hydrogen) atoms. The van der Waals surface area contributed by atoms with Crippen LogP contribution in [0, 0.1) is 13.8 Å². The largest absolute Gasteiger partial charge is 0.288 e. The summed E-state index contributed by atoms with van der Waals surface area (Å²) in [5.74, 6) is 0. The third kappa shape index (κ3) is 1.96. The van der Waals surface area contributed by atoms with Crippen molar-refractivity contribution in [3.8, 4) is 0 Å². The van der Waals surface area contributed by atoms with Gasteiger partial charge in [0.2, 0.25) is 0 Å². The molecule has 2 aromatic heterocycles. The summed E-state index contributed by atoms with van der Waals surface area (Å²) < 4.78 is 2.23. The number of halogens is 1. The SMILES string of the molecule is CCC(=Cc1c(C)nc2scc(C)n12)CBr. The van der Waals surface area contributed by atoms with Crippen LogP contribution in [0.25, 0.3) is 11.0 Å². The molecule has 0 aliphatic carbocycles. The number of allylic oxidation sites excluding steroid dienone is 1. The Morgan fingerprint density at radius 1 is 1.56 bits per heavy atom. The van der Waals surface area contributed by atoms with E-state index in [-0.39, 0.29) is 0 Å². The summed E-state index contributed by atoms with van der Waals surface area (Å²) in [4.78, 5) is 5.67. The van der Waals surface area contributed by atoms with Gasteiger partial charge in [0.15, 0.2) is 4.96 Å². The summed E-state index contributed by atoms with van der Waals surface area (Å²) in [6, 6.07) is 0. The third-order valence-electron chi connectivity index (χ3n) is 2.72. The molecule has 0 saturated heterocycles. The Bertz CT molecular complexity index is 530. The normalized spacial score (nSPS) is 12.6. The van der Waals surface area contributed by atoms with Crippen molar-refractivity contribution in [1.29, 1.82) is 0 Å². The standard InChI is InChI=1S/C12H15BrN2S/c1-4-10(6-13)5-11-9(3)14-12-15(11)8(2)7-16-12/h5,7H,4,6H2,1-3H3. The highest BCUT2D eigenvalue weighted by Gasteiger charge is 2.10. The highest BCUT2D eigenvalue weighted by molar-refractivity contribution is 9.09. The zero-order chi connectivity index (χ0) is 11.7. The van der Waals surface area contributed by atoms with Crippen molar-refractivity contribution in [3.63, 3.8) is 0 Å². The molecule has 0 aromatic carbocycles. The number of fused-ring (bicyclic) bond motifs is 1. The monoisotopic (exact) mass is 298 g/mol. The van der Waals surface area contributed by atoms with E-state index in [4.69, 9.17) is 0 Å². The van der Waals surface area contributed by atoms with E-state index in [2.05, 4.69) is 57.5 Å². The highest BCUT2D eigenvalue weighted by atomic mass is 79.9. The number of nitrogens with zero attached hydrogens (tertiary/aromatic N) is 2. The minimum absolute atomic E-state index is 0.930.